The quantitative estimate of drug-likeness (QED) is 0.711. The summed E-state index contributed by atoms with van der Waals surface area (Å²) in [7, 11) is 0. The van der Waals surface area contributed by atoms with Gasteiger partial charge in [0.05, 0.1) is 6.61 Å². The van der Waals surface area contributed by atoms with Gasteiger partial charge in [0.1, 0.15) is 17.7 Å². The predicted molar refractivity (Wildman–Crippen MR) is 98.6 cm³/mol. The number of hydrogen-bond acceptors (Lipinski definition) is 4. The van der Waals surface area contributed by atoms with Gasteiger partial charge in [0, 0.05) is 25.1 Å². The van der Waals surface area contributed by atoms with E-state index < -0.39 is 6.10 Å². The number of aromatic nitrogens is 3. The number of carbonyl (C=O) groups excluding carboxylic acids is 1. The van der Waals surface area contributed by atoms with Crippen molar-refractivity contribution in [2.75, 3.05) is 0 Å². The first-order valence-electron chi connectivity index (χ1n) is 8.52. The number of benzene rings is 1. The fourth-order valence-electron chi connectivity index (χ4n) is 2.53. The molecule has 134 valence electrons. The van der Waals surface area contributed by atoms with Crippen LogP contribution in [0.5, 0.6) is 0 Å². The summed E-state index contributed by atoms with van der Waals surface area (Å²) in [5, 5.41) is 2.91. The lowest BCUT2D eigenvalue weighted by Crippen LogP contribution is -2.34. The third-order valence-corrected chi connectivity index (χ3v) is 4.06. The Morgan fingerprint density at radius 2 is 1.96 bits per heavy atom. The van der Waals surface area contributed by atoms with Crippen molar-refractivity contribution in [3.05, 3.63) is 78.0 Å². The van der Waals surface area contributed by atoms with E-state index in [1.807, 2.05) is 60.2 Å². The monoisotopic (exact) mass is 350 g/mol. The number of carbonyl (C=O) groups is 1. The SMILES string of the molecule is Cc1nccn1-c1cc(CNC(=O)C(C)OCc2ccccc2)ccn1. The molecule has 0 aliphatic rings. The number of aryl methyl sites for hydroxylation is 1. The highest BCUT2D eigenvalue weighted by molar-refractivity contribution is 5.80. The van der Waals surface area contributed by atoms with Crippen LogP contribution in [0.2, 0.25) is 0 Å². The largest absolute Gasteiger partial charge is 0.364 e. The zero-order chi connectivity index (χ0) is 18.4. The summed E-state index contributed by atoms with van der Waals surface area (Å²) in [6, 6.07) is 13.6. The molecule has 6 heteroatoms. The lowest BCUT2D eigenvalue weighted by atomic mass is 10.2. The molecule has 1 amide bonds. The van der Waals surface area contributed by atoms with Gasteiger partial charge in [-0.25, -0.2) is 9.97 Å². The zero-order valence-corrected chi connectivity index (χ0v) is 14.9. The molecule has 0 spiro atoms. The van der Waals surface area contributed by atoms with E-state index in [1.54, 1.807) is 19.3 Å². The van der Waals surface area contributed by atoms with Crippen LogP contribution in [-0.2, 0) is 22.7 Å². The second-order valence-corrected chi connectivity index (χ2v) is 6.02. The lowest BCUT2D eigenvalue weighted by Gasteiger charge is -2.14. The van der Waals surface area contributed by atoms with Crippen molar-refractivity contribution < 1.29 is 9.53 Å². The van der Waals surface area contributed by atoms with Crippen molar-refractivity contribution in [3.63, 3.8) is 0 Å². The molecule has 3 aromatic rings. The second kappa shape index (κ2) is 8.40. The third-order valence-electron chi connectivity index (χ3n) is 4.06. The molecule has 1 aromatic carbocycles. The van der Waals surface area contributed by atoms with Crippen LogP contribution in [0.25, 0.3) is 5.82 Å². The average Bonchev–Trinajstić information content (AvgIpc) is 3.11. The molecule has 1 atom stereocenters. The normalized spacial score (nSPS) is 11.9. The van der Waals surface area contributed by atoms with E-state index in [-0.39, 0.29) is 5.91 Å². The fraction of sp³-hybridized carbons (Fsp3) is 0.250. The summed E-state index contributed by atoms with van der Waals surface area (Å²) in [5.41, 5.74) is 2.01. The van der Waals surface area contributed by atoms with Gasteiger partial charge in [0.2, 0.25) is 5.91 Å². The van der Waals surface area contributed by atoms with Crippen molar-refractivity contribution in [1.82, 2.24) is 19.9 Å². The van der Waals surface area contributed by atoms with Crippen LogP contribution >= 0.6 is 0 Å². The molecule has 0 bridgehead atoms. The fourth-order valence-corrected chi connectivity index (χ4v) is 2.53. The zero-order valence-electron chi connectivity index (χ0n) is 14.9. The van der Waals surface area contributed by atoms with Crippen LogP contribution in [0.1, 0.15) is 23.9 Å². The van der Waals surface area contributed by atoms with Crippen molar-refractivity contribution in [3.8, 4) is 5.82 Å². The Kier molecular flexibility index (Phi) is 5.76. The Morgan fingerprint density at radius 3 is 2.69 bits per heavy atom. The molecule has 6 nitrogen and oxygen atoms in total. The molecule has 2 heterocycles. The summed E-state index contributed by atoms with van der Waals surface area (Å²) in [4.78, 5) is 20.8. The van der Waals surface area contributed by atoms with Crippen LogP contribution in [0.4, 0.5) is 0 Å². The Morgan fingerprint density at radius 1 is 1.15 bits per heavy atom. The minimum absolute atomic E-state index is 0.141. The Bertz CT molecular complexity index is 861. The van der Waals surface area contributed by atoms with Gasteiger partial charge in [-0.1, -0.05) is 30.3 Å². The van der Waals surface area contributed by atoms with Gasteiger partial charge in [-0.15, -0.1) is 0 Å². The van der Waals surface area contributed by atoms with E-state index in [0.717, 1.165) is 22.8 Å². The van der Waals surface area contributed by atoms with Crippen LogP contribution in [-0.4, -0.2) is 26.5 Å². The molecule has 0 saturated heterocycles. The highest BCUT2D eigenvalue weighted by Gasteiger charge is 2.13. The summed E-state index contributed by atoms with van der Waals surface area (Å²) in [6.45, 7) is 4.50. The van der Waals surface area contributed by atoms with Gasteiger partial charge in [-0.2, -0.15) is 0 Å². The molecule has 0 aliphatic carbocycles. The van der Waals surface area contributed by atoms with Gasteiger partial charge in [0.25, 0.3) is 0 Å². The number of ether oxygens (including phenoxy) is 1. The molecule has 0 saturated carbocycles. The van der Waals surface area contributed by atoms with Gasteiger partial charge < -0.3 is 10.1 Å². The van der Waals surface area contributed by atoms with Gasteiger partial charge >= 0.3 is 0 Å². The molecule has 0 aliphatic heterocycles. The molecule has 0 fully saturated rings. The maximum atomic E-state index is 12.2. The first kappa shape index (κ1) is 17.8. The van der Waals surface area contributed by atoms with Crippen LogP contribution in [0.3, 0.4) is 0 Å². The van der Waals surface area contributed by atoms with Gasteiger partial charge in [-0.3, -0.25) is 9.36 Å². The van der Waals surface area contributed by atoms with Gasteiger partial charge in [-0.05, 0) is 37.1 Å². The smallest absolute Gasteiger partial charge is 0.249 e. The topological polar surface area (TPSA) is 69.0 Å². The molecule has 1 N–H and O–H groups in total. The first-order chi connectivity index (χ1) is 12.6. The molecular weight excluding hydrogens is 328 g/mol. The second-order valence-electron chi connectivity index (χ2n) is 6.02. The number of rotatable bonds is 7. The first-order valence-corrected chi connectivity index (χ1v) is 8.52. The minimum Gasteiger partial charge on any atom is -0.364 e. The molecule has 0 radical (unpaired) electrons. The van der Waals surface area contributed by atoms with Crippen molar-refractivity contribution in [1.29, 1.82) is 0 Å². The summed E-state index contributed by atoms with van der Waals surface area (Å²) in [6.07, 6.45) is 4.80. The van der Waals surface area contributed by atoms with E-state index in [1.165, 1.54) is 0 Å². The number of amides is 1. The third kappa shape index (κ3) is 4.55. The molecule has 3 rings (SSSR count). The maximum absolute atomic E-state index is 12.2. The Labute approximate surface area is 152 Å². The lowest BCUT2D eigenvalue weighted by molar-refractivity contribution is -0.132. The Hall–Kier alpha value is -2.99. The number of hydrogen-bond donors (Lipinski definition) is 1. The van der Waals surface area contributed by atoms with Crippen LogP contribution in [0.15, 0.2) is 61.1 Å². The van der Waals surface area contributed by atoms with E-state index in [2.05, 4.69) is 15.3 Å². The molecular formula is C20H22N4O2. The molecule has 1 unspecified atom stereocenters. The van der Waals surface area contributed by atoms with E-state index >= 15 is 0 Å². The van der Waals surface area contributed by atoms with E-state index in [9.17, 15) is 4.79 Å². The predicted octanol–water partition coefficient (Wildman–Crippen LogP) is 2.80. The van der Waals surface area contributed by atoms with E-state index in [0.29, 0.717) is 13.2 Å². The average molecular weight is 350 g/mol. The molecule has 26 heavy (non-hydrogen) atoms. The van der Waals surface area contributed by atoms with Crippen molar-refractivity contribution >= 4 is 5.91 Å². The van der Waals surface area contributed by atoms with Crippen molar-refractivity contribution in [2.24, 2.45) is 0 Å². The van der Waals surface area contributed by atoms with Crippen molar-refractivity contribution in [2.45, 2.75) is 33.1 Å². The maximum Gasteiger partial charge on any atom is 0.249 e. The highest BCUT2D eigenvalue weighted by atomic mass is 16.5. The summed E-state index contributed by atoms with van der Waals surface area (Å²) >= 11 is 0. The van der Waals surface area contributed by atoms with Gasteiger partial charge in [0.15, 0.2) is 0 Å². The molecule has 2 aromatic heterocycles. The summed E-state index contributed by atoms with van der Waals surface area (Å²) in [5.74, 6) is 1.50. The number of imidazole rings is 1. The Balaban J connectivity index is 1.53. The standard InChI is InChI=1S/C20H22N4O2/c1-15(26-14-17-6-4-3-5-7-17)20(25)23-13-18-8-9-22-19(12-18)24-11-10-21-16(24)2/h3-12,15H,13-14H2,1-2H3,(H,23,25). The van der Waals surface area contributed by atoms with Crippen LogP contribution < -0.4 is 5.32 Å². The number of nitrogens with one attached hydrogen (secondary N) is 1. The van der Waals surface area contributed by atoms with Crippen LogP contribution in [0, 0.1) is 6.92 Å². The summed E-state index contributed by atoms with van der Waals surface area (Å²) < 4.78 is 7.54. The van der Waals surface area contributed by atoms with E-state index in [4.69, 9.17) is 4.74 Å². The highest BCUT2D eigenvalue weighted by Crippen LogP contribution is 2.10. The minimum atomic E-state index is -0.521. The number of pyridine rings is 1. The number of nitrogens with zero attached hydrogens (tertiary/aromatic N) is 3.